The molecule has 140 valence electrons. The average molecular weight is 391 g/mol. The highest BCUT2D eigenvalue weighted by atomic mass is 32.1. The van der Waals surface area contributed by atoms with Crippen LogP contribution in [0.15, 0.2) is 53.9 Å². The van der Waals surface area contributed by atoms with Crippen molar-refractivity contribution in [3.05, 3.63) is 58.8 Å². The zero-order valence-electron chi connectivity index (χ0n) is 14.9. The molecule has 0 radical (unpaired) electrons. The van der Waals surface area contributed by atoms with E-state index in [0.29, 0.717) is 28.1 Å². The van der Waals surface area contributed by atoms with Crippen LogP contribution in [0, 0.1) is 35.5 Å². The number of thiophene rings is 1. The quantitative estimate of drug-likeness (QED) is 0.348. The maximum absolute atomic E-state index is 13.1. The molecule has 5 aliphatic rings. The molecule has 1 saturated heterocycles. The first kappa shape index (κ1) is 16.2. The van der Waals surface area contributed by atoms with Crippen molar-refractivity contribution < 1.29 is 19.1 Å². The highest BCUT2D eigenvalue weighted by Crippen LogP contribution is 2.65. The molecule has 6 heteroatoms. The fraction of sp³-hybridized carbons (Fsp3) is 0.318. The van der Waals surface area contributed by atoms with Crippen molar-refractivity contribution in [2.24, 2.45) is 35.5 Å². The van der Waals surface area contributed by atoms with Gasteiger partial charge < -0.3 is 4.74 Å². The van der Waals surface area contributed by atoms with Crippen LogP contribution in [0.4, 0.5) is 5.69 Å². The van der Waals surface area contributed by atoms with Gasteiger partial charge >= 0.3 is 5.97 Å². The van der Waals surface area contributed by atoms with Crippen molar-refractivity contribution in [1.29, 1.82) is 0 Å². The number of carbonyl (C=O) groups is 3. The summed E-state index contributed by atoms with van der Waals surface area (Å²) in [6.07, 6.45) is 5.49. The summed E-state index contributed by atoms with van der Waals surface area (Å²) in [5.41, 5.74) is 0.549. The Morgan fingerprint density at radius 1 is 0.964 bits per heavy atom. The minimum absolute atomic E-state index is 0.0805. The van der Waals surface area contributed by atoms with Crippen LogP contribution < -0.4 is 9.64 Å². The highest BCUT2D eigenvalue weighted by Gasteiger charge is 2.67. The first-order chi connectivity index (χ1) is 13.6. The minimum atomic E-state index is -0.413. The van der Waals surface area contributed by atoms with Gasteiger partial charge in [-0.05, 0) is 65.8 Å². The van der Waals surface area contributed by atoms with Gasteiger partial charge in [-0.25, -0.2) is 4.79 Å². The Morgan fingerprint density at radius 3 is 2.18 bits per heavy atom. The second-order valence-electron chi connectivity index (χ2n) is 8.03. The van der Waals surface area contributed by atoms with Crippen molar-refractivity contribution in [3.63, 3.8) is 0 Å². The molecule has 28 heavy (non-hydrogen) atoms. The third-order valence-electron chi connectivity index (χ3n) is 6.69. The molecule has 0 unspecified atom stereocenters. The number of allylic oxidation sites excluding steroid dienone is 2. The number of hydrogen-bond donors (Lipinski definition) is 0. The molecule has 2 heterocycles. The van der Waals surface area contributed by atoms with Gasteiger partial charge in [-0.2, -0.15) is 0 Å². The van der Waals surface area contributed by atoms with E-state index in [9.17, 15) is 14.4 Å². The molecule has 0 N–H and O–H groups in total. The fourth-order valence-electron chi connectivity index (χ4n) is 5.43. The largest absolute Gasteiger partial charge is 0.422 e. The first-order valence-corrected chi connectivity index (χ1v) is 10.4. The van der Waals surface area contributed by atoms with E-state index in [4.69, 9.17) is 4.74 Å². The van der Waals surface area contributed by atoms with E-state index in [2.05, 4.69) is 12.2 Å². The van der Waals surface area contributed by atoms with E-state index in [-0.39, 0.29) is 35.5 Å². The van der Waals surface area contributed by atoms with Gasteiger partial charge in [0.05, 0.1) is 17.5 Å². The van der Waals surface area contributed by atoms with Crippen molar-refractivity contribution in [3.8, 4) is 5.75 Å². The van der Waals surface area contributed by atoms with Crippen LogP contribution in [0.25, 0.3) is 0 Å². The average Bonchev–Trinajstić information content (AvgIpc) is 3.27. The Bertz CT molecular complexity index is 989. The molecule has 3 fully saturated rings. The molecule has 4 aliphatic carbocycles. The topological polar surface area (TPSA) is 63.7 Å². The van der Waals surface area contributed by atoms with Crippen molar-refractivity contribution in [2.45, 2.75) is 6.42 Å². The van der Waals surface area contributed by atoms with E-state index >= 15 is 0 Å². The summed E-state index contributed by atoms with van der Waals surface area (Å²) in [4.78, 5) is 40.2. The van der Waals surface area contributed by atoms with Gasteiger partial charge in [0.15, 0.2) is 0 Å². The summed E-state index contributed by atoms with van der Waals surface area (Å²) >= 11 is 1.32. The predicted octanol–water partition coefficient (Wildman–Crippen LogP) is 3.52. The smallest absolute Gasteiger partial charge is 0.353 e. The zero-order valence-corrected chi connectivity index (χ0v) is 15.7. The summed E-state index contributed by atoms with van der Waals surface area (Å²) in [5.74, 6) is 1.01. The number of esters is 1. The van der Waals surface area contributed by atoms with E-state index in [1.165, 1.54) is 16.2 Å². The van der Waals surface area contributed by atoms with E-state index < -0.39 is 5.97 Å². The number of carbonyl (C=O) groups excluding carboxylic acids is 3. The van der Waals surface area contributed by atoms with Gasteiger partial charge in [-0.3, -0.25) is 14.5 Å². The third-order valence-corrected chi connectivity index (χ3v) is 7.54. The number of benzene rings is 1. The molecule has 1 aliphatic heterocycles. The fourth-order valence-corrected chi connectivity index (χ4v) is 6.03. The van der Waals surface area contributed by atoms with Crippen LogP contribution in [0.3, 0.4) is 0 Å². The zero-order chi connectivity index (χ0) is 19.0. The summed E-state index contributed by atoms with van der Waals surface area (Å²) in [7, 11) is 0. The van der Waals surface area contributed by atoms with Crippen molar-refractivity contribution in [1.82, 2.24) is 0 Å². The van der Waals surface area contributed by atoms with Crippen LogP contribution in [0.1, 0.15) is 16.1 Å². The lowest BCUT2D eigenvalue weighted by molar-refractivity contribution is -0.124. The van der Waals surface area contributed by atoms with Crippen LogP contribution in [-0.4, -0.2) is 17.8 Å². The highest BCUT2D eigenvalue weighted by molar-refractivity contribution is 7.12. The number of imide groups is 1. The number of hydrogen-bond acceptors (Lipinski definition) is 5. The minimum Gasteiger partial charge on any atom is -0.422 e. The molecule has 7 rings (SSSR count). The van der Waals surface area contributed by atoms with Gasteiger partial charge in [0, 0.05) is 0 Å². The normalized spacial score (nSPS) is 34.4. The molecule has 5 nitrogen and oxygen atoms in total. The molecule has 2 amide bonds. The molecule has 1 aromatic carbocycles. The van der Waals surface area contributed by atoms with Gasteiger partial charge in [0.2, 0.25) is 11.8 Å². The molecule has 6 atom stereocenters. The van der Waals surface area contributed by atoms with Crippen LogP contribution in [-0.2, 0) is 9.59 Å². The molecule has 2 bridgehead atoms. The van der Waals surface area contributed by atoms with Crippen molar-refractivity contribution >= 4 is 34.8 Å². The summed E-state index contributed by atoms with van der Waals surface area (Å²) in [5, 5.41) is 1.82. The number of anilines is 1. The van der Waals surface area contributed by atoms with Gasteiger partial charge in [-0.1, -0.05) is 18.2 Å². The Balaban J connectivity index is 1.25. The first-order valence-electron chi connectivity index (χ1n) is 9.55. The van der Waals surface area contributed by atoms with Crippen molar-refractivity contribution in [2.75, 3.05) is 4.90 Å². The summed E-state index contributed by atoms with van der Waals surface area (Å²) in [6.45, 7) is 0. The maximum atomic E-state index is 13.1. The summed E-state index contributed by atoms with van der Waals surface area (Å²) in [6, 6.07) is 10.1. The van der Waals surface area contributed by atoms with Gasteiger partial charge in [-0.15, -0.1) is 11.3 Å². The van der Waals surface area contributed by atoms with E-state index in [1.807, 2.05) is 5.38 Å². The van der Waals surface area contributed by atoms with Crippen LogP contribution in [0.5, 0.6) is 5.75 Å². The van der Waals surface area contributed by atoms with Crippen LogP contribution >= 0.6 is 11.3 Å². The maximum Gasteiger partial charge on any atom is 0.353 e. The van der Waals surface area contributed by atoms with E-state index in [1.54, 1.807) is 36.4 Å². The second-order valence-corrected chi connectivity index (χ2v) is 8.97. The Kier molecular flexibility index (Phi) is 3.27. The SMILES string of the molecule is O=C(Oc1ccc(N2C(=O)[C@@H]3[C@H]4C=C[C@@H]([C@@H]5C[C@H]45)[C@@H]3C2=O)cc1)c1cccs1. The molecule has 2 saturated carbocycles. The van der Waals surface area contributed by atoms with Crippen LogP contribution in [0.2, 0.25) is 0 Å². The monoisotopic (exact) mass is 391 g/mol. The van der Waals surface area contributed by atoms with Gasteiger partial charge in [0.25, 0.3) is 0 Å². The number of amides is 2. The second kappa shape index (κ2) is 5.64. The number of nitrogens with zero attached hydrogens (tertiary/aromatic N) is 1. The Hall–Kier alpha value is -2.73. The number of rotatable bonds is 3. The predicted molar refractivity (Wildman–Crippen MR) is 103 cm³/mol. The Labute approximate surface area is 165 Å². The Morgan fingerprint density at radius 2 is 1.61 bits per heavy atom. The molecular formula is C22H17NO4S. The molecular weight excluding hydrogens is 374 g/mol. The lowest BCUT2D eigenvalue weighted by atomic mass is 9.63. The summed E-state index contributed by atoms with van der Waals surface area (Å²) < 4.78 is 5.36. The van der Waals surface area contributed by atoms with Gasteiger partial charge in [0.1, 0.15) is 10.6 Å². The standard InChI is InChI=1S/C22H17NO4S/c24-20-18-13-7-8-14(16-10-15(13)16)19(18)21(25)23(20)11-3-5-12(6-4-11)27-22(26)17-2-1-9-28-17/h1-9,13-16,18-19H,10H2/t13-,14-,15-,16+,18-,19+/m0/s1. The molecule has 1 aromatic heterocycles. The lowest BCUT2D eigenvalue weighted by Gasteiger charge is -2.37. The number of ether oxygens (including phenoxy) is 1. The molecule has 0 spiro atoms. The van der Waals surface area contributed by atoms with E-state index in [0.717, 1.165) is 6.42 Å². The molecule has 2 aromatic rings. The lowest BCUT2D eigenvalue weighted by Crippen LogP contribution is -2.40. The third kappa shape index (κ3) is 2.15.